The lowest BCUT2D eigenvalue weighted by Crippen LogP contribution is -2.47. The number of methoxy groups -OCH3 is 1. The zero-order valence-corrected chi connectivity index (χ0v) is 15.0. The molecule has 3 rings (SSSR count). The highest BCUT2D eigenvalue weighted by molar-refractivity contribution is 5.77. The van der Waals surface area contributed by atoms with E-state index in [2.05, 4.69) is 29.0 Å². The first kappa shape index (κ1) is 17.3. The molecule has 0 radical (unpaired) electrons. The fraction of sp³-hybridized carbons (Fsp3) is 0.650. The van der Waals surface area contributed by atoms with E-state index in [9.17, 15) is 4.79 Å². The van der Waals surface area contributed by atoms with E-state index in [-0.39, 0.29) is 0 Å². The van der Waals surface area contributed by atoms with Crippen LogP contribution in [0.3, 0.4) is 0 Å². The van der Waals surface area contributed by atoms with Crippen molar-refractivity contribution in [1.82, 2.24) is 9.80 Å². The number of benzene rings is 1. The summed E-state index contributed by atoms with van der Waals surface area (Å²) in [6, 6.07) is 9.20. The van der Waals surface area contributed by atoms with E-state index in [4.69, 9.17) is 4.74 Å². The van der Waals surface area contributed by atoms with Crippen LogP contribution in [0.1, 0.15) is 44.1 Å². The number of rotatable bonds is 6. The van der Waals surface area contributed by atoms with Crippen LogP contribution in [-0.4, -0.2) is 55.0 Å². The summed E-state index contributed by atoms with van der Waals surface area (Å²) in [5.74, 6) is 1.24. The molecule has 2 heterocycles. The van der Waals surface area contributed by atoms with Gasteiger partial charge in [-0.2, -0.15) is 0 Å². The van der Waals surface area contributed by atoms with Crippen LogP contribution < -0.4 is 4.74 Å². The molecule has 0 aromatic heterocycles. The molecule has 2 atom stereocenters. The van der Waals surface area contributed by atoms with Crippen molar-refractivity contribution in [3.63, 3.8) is 0 Å². The van der Waals surface area contributed by atoms with Gasteiger partial charge in [0.15, 0.2) is 0 Å². The number of nitrogens with zero attached hydrogens (tertiary/aromatic N) is 2. The largest absolute Gasteiger partial charge is 0.497 e. The van der Waals surface area contributed by atoms with Crippen LogP contribution in [0, 0.1) is 0 Å². The fourth-order valence-corrected chi connectivity index (χ4v) is 4.30. The lowest BCUT2D eigenvalue weighted by Gasteiger charge is -2.33. The highest BCUT2D eigenvalue weighted by atomic mass is 16.5. The van der Waals surface area contributed by atoms with Crippen molar-refractivity contribution >= 4 is 5.91 Å². The molecule has 1 aromatic rings. The second-order valence-corrected chi connectivity index (χ2v) is 7.19. The van der Waals surface area contributed by atoms with E-state index in [0.717, 1.165) is 25.1 Å². The van der Waals surface area contributed by atoms with Gasteiger partial charge < -0.3 is 14.5 Å². The Kier molecular flexibility index (Phi) is 5.77. The smallest absolute Gasteiger partial charge is 0.222 e. The maximum Gasteiger partial charge on any atom is 0.222 e. The maximum absolute atomic E-state index is 12.7. The predicted octanol–water partition coefficient (Wildman–Crippen LogP) is 3.10. The zero-order chi connectivity index (χ0) is 16.9. The average Bonchev–Trinajstić information content (AvgIpc) is 3.23. The van der Waals surface area contributed by atoms with Gasteiger partial charge >= 0.3 is 0 Å². The molecule has 0 bridgehead atoms. The minimum atomic E-state index is 0.353. The normalized spacial score (nSPS) is 24.5. The van der Waals surface area contributed by atoms with Gasteiger partial charge in [-0.15, -0.1) is 0 Å². The average molecular weight is 330 g/mol. The number of hydrogen-bond donors (Lipinski definition) is 0. The summed E-state index contributed by atoms with van der Waals surface area (Å²) in [4.78, 5) is 17.3. The van der Waals surface area contributed by atoms with Gasteiger partial charge in [-0.05, 0) is 69.8 Å². The molecule has 1 aromatic carbocycles. The van der Waals surface area contributed by atoms with Gasteiger partial charge in [-0.25, -0.2) is 0 Å². The molecular weight excluding hydrogens is 300 g/mol. The summed E-state index contributed by atoms with van der Waals surface area (Å²) < 4.78 is 5.18. The molecule has 0 N–H and O–H groups in total. The van der Waals surface area contributed by atoms with E-state index in [1.807, 2.05) is 12.1 Å². The summed E-state index contributed by atoms with van der Waals surface area (Å²) in [5, 5.41) is 0. The Morgan fingerprint density at radius 2 is 1.83 bits per heavy atom. The zero-order valence-electron chi connectivity index (χ0n) is 15.0. The minimum Gasteiger partial charge on any atom is -0.497 e. The Morgan fingerprint density at radius 3 is 2.50 bits per heavy atom. The number of likely N-dealkylation sites (tertiary alicyclic amines) is 2. The van der Waals surface area contributed by atoms with Crippen LogP contribution in [0.5, 0.6) is 5.75 Å². The Morgan fingerprint density at radius 1 is 1.12 bits per heavy atom. The quantitative estimate of drug-likeness (QED) is 0.803. The third-order valence-electron chi connectivity index (χ3n) is 5.66. The lowest BCUT2D eigenvalue weighted by molar-refractivity contribution is -0.133. The highest BCUT2D eigenvalue weighted by Gasteiger charge is 2.37. The van der Waals surface area contributed by atoms with Gasteiger partial charge in [0.25, 0.3) is 0 Å². The Hall–Kier alpha value is -1.55. The van der Waals surface area contributed by atoms with Crippen molar-refractivity contribution in [3.8, 4) is 5.75 Å². The molecule has 0 spiro atoms. The molecule has 4 heteroatoms. The first-order chi connectivity index (χ1) is 11.7. The first-order valence-electron chi connectivity index (χ1n) is 9.31. The van der Waals surface area contributed by atoms with Crippen LogP contribution in [0.2, 0.25) is 0 Å². The molecule has 2 aliphatic heterocycles. The molecule has 0 aliphatic carbocycles. The predicted molar refractivity (Wildman–Crippen MR) is 96.3 cm³/mol. The van der Waals surface area contributed by atoms with Crippen LogP contribution in [0.15, 0.2) is 24.3 Å². The van der Waals surface area contributed by atoms with Crippen molar-refractivity contribution < 1.29 is 9.53 Å². The number of carbonyl (C=O) groups is 1. The third kappa shape index (κ3) is 3.92. The Balaban J connectivity index is 1.48. The van der Waals surface area contributed by atoms with E-state index in [0.29, 0.717) is 24.4 Å². The SMILES string of the molecule is COc1ccc(CCCC(=O)N2CCC[C@@H]2[C@@H]2CCCN2C)cc1. The summed E-state index contributed by atoms with van der Waals surface area (Å²) in [6.45, 7) is 2.14. The van der Waals surface area contributed by atoms with E-state index in [1.54, 1.807) is 7.11 Å². The van der Waals surface area contributed by atoms with Crippen LogP contribution in [-0.2, 0) is 11.2 Å². The summed E-state index contributed by atoms with van der Waals surface area (Å²) in [6.07, 6.45) is 7.41. The molecule has 1 amide bonds. The molecule has 0 unspecified atom stereocenters. The molecule has 4 nitrogen and oxygen atoms in total. The lowest BCUT2D eigenvalue weighted by atomic mass is 10.0. The standard InChI is InChI=1S/C20H30N2O2/c1-21-14-4-7-18(21)19-8-5-15-22(19)20(23)9-3-6-16-10-12-17(24-2)13-11-16/h10-13,18-19H,3-9,14-15H2,1-2H3/t18-,19+/m0/s1. The van der Waals surface area contributed by atoms with Gasteiger partial charge in [-0.1, -0.05) is 12.1 Å². The van der Waals surface area contributed by atoms with Crippen LogP contribution >= 0.6 is 0 Å². The van der Waals surface area contributed by atoms with Crippen molar-refractivity contribution in [2.75, 3.05) is 27.2 Å². The minimum absolute atomic E-state index is 0.353. The summed E-state index contributed by atoms with van der Waals surface area (Å²) in [5.41, 5.74) is 1.28. The highest BCUT2D eigenvalue weighted by Crippen LogP contribution is 2.29. The molecule has 2 fully saturated rings. The third-order valence-corrected chi connectivity index (χ3v) is 5.66. The van der Waals surface area contributed by atoms with E-state index in [1.165, 1.54) is 37.8 Å². The van der Waals surface area contributed by atoms with Crippen molar-refractivity contribution in [2.45, 2.75) is 57.0 Å². The first-order valence-corrected chi connectivity index (χ1v) is 9.31. The molecule has 24 heavy (non-hydrogen) atoms. The number of amides is 1. The van der Waals surface area contributed by atoms with Gasteiger partial charge in [0, 0.05) is 25.0 Å². The van der Waals surface area contributed by atoms with E-state index >= 15 is 0 Å². The second kappa shape index (κ2) is 8.02. The van der Waals surface area contributed by atoms with Crippen molar-refractivity contribution in [2.24, 2.45) is 0 Å². The number of carbonyl (C=O) groups excluding carboxylic acids is 1. The summed E-state index contributed by atoms with van der Waals surface area (Å²) >= 11 is 0. The number of likely N-dealkylation sites (N-methyl/N-ethyl adjacent to an activating group) is 1. The number of hydrogen-bond acceptors (Lipinski definition) is 3. The monoisotopic (exact) mass is 330 g/mol. The summed E-state index contributed by atoms with van der Waals surface area (Å²) in [7, 11) is 3.89. The van der Waals surface area contributed by atoms with Gasteiger partial charge in [0.1, 0.15) is 5.75 Å². The molecular formula is C20H30N2O2. The van der Waals surface area contributed by atoms with Gasteiger partial charge in [0.05, 0.1) is 7.11 Å². The van der Waals surface area contributed by atoms with Crippen LogP contribution in [0.4, 0.5) is 0 Å². The van der Waals surface area contributed by atoms with Crippen molar-refractivity contribution in [1.29, 1.82) is 0 Å². The Labute approximate surface area is 145 Å². The second-order valence-electron chi connectivity index (χ2n) is 7.19. The van der Waals surface area contributed by atoms with Crippen molar-refractivity contribution in [3.05, 3.63) is 29.8 Å². The topological polar surface area (TPSA) is 32.8 Å². The molecule has 2 saturated heterocycles. The number of ether oxygens (including phenoxy) is 1. The van der Waals surface area contributed by atoms with Crippen LogP contribution in [0.25, 0.3) is 0 Å². The maximum atomic E-state index is 12.7. The molecule has 2 aliphatic rings. The van der Waals surface area contributed by atoms with E-state index < -0.39 is 0 Å². The van der Waals surface area contributed by atoms with Gasteiger partial charge in [-0.3, -0.25) is 4.79 Å². The van der Waals surface area contributed by atoms with Gasteiger partial charge in [0.2, 0.25) is 5.91 Å². The number of aryl methyl sites for hydroxylation is 1. The fourth-order valence-electron chi connectivity index (χ4n) is 4.30. The molecule has 132 valence electrons. The Bertz CT molecular complexity index is 543. The molecule has 0 saturated carbocycles.